The van der Waals surface area contributed by atoms with Crippen LogP contribution in [0.5, 0.6) is 5.75 Å². The normalized spacial score (nSPS) is 26.8. The van der Waals surface area contributed by atoms with Crippen molar-refractivity contribution in [1.29, 1.82) is 0 Å². The molecule has 2 atom stereocenters. The van der Waals surface area contributed by atoms with Crippen LogP contribution in [-0.4, -0.2) is 54.7 Å². The molecule has 2 saturated heterocycles. The predicted molar refractivity (Wildman–Crippen MR) is 86.9 cm³/mol. The number of aryl methyl sites for hydroxylation is 1. The van der Waals surface area contributed by atoms with Crippen LogP contribution >= 0.6 is 0 Å². The summed E-state index contributed by atoms with van der Waals surface area (Å²) < 4.78 is 5.94. The second kappa shape index (κ2) is 6.80. The van der Waals surface area contributed by atoms with E-state index >= 15 is 0 Å². The summed E-state index contributed by atoms with van der Waals surface area (Å²) >= 11 is 0. The Balaban J connectivity index is 1.51. The summed E-state index contributed by atoms with van der Waals surface area (Å²) in [5.41, 5.74) is 1.26. The van der Waals surface area contributed by atoms with Gasteiger partial charge in [-0.05, 0) is 50.4 Å². The maximum Gasteiger partial charge on any atom is 0.119 e. The summed E-state index contributed by atoms with van der Waals surface area (Å²) in [6, 6.07) is 9.86. The van der Waals surface area contributed by atoms with E-state index < -0.39 is 0 Å². The SMILES string of the molecule is CCC1CN2CCCC2CN1CCOc1cccc(C)c1. The van der Waals surface area contributed by atoms with Gasteiger partial charge in [-0.25, -0.2) is 0 Å². The molecule has 2 heterocycles. The lowest BCUT2D eigenvalue weighted by Gasteiger charge is -2.43. The Hall–Kier alpha value is -1.06. The molecule has 0 bridgehead atoms. The van der Waals surface area contributed by atoms with Crippen molar-refractivity contribution in [2.24, 2.45) is 0 Å². The van der Waals surface area contributed by atoms with E-state index in [4.69, 9.17) is 4.74 Å². The van der Waals surface area contributed by atoms with E-state index in [1.807, 2.05) is 0 Å². The first-order valence-corrected chi connectivity index (χ1v) is 8.44. The average molecular weight is 288 g/mol. The van der Waals surface area contributed by atoms with Gasteiger partial charge >= 0.3 is 0 Å². The highest BCUT2D eigenvalue weighted by atomic mass is 16.5. The summed E-state index contributed by atoms with van der Waals surface area (Å²) in [5.74, 6) is 1.00. The van der Waals surface area contributed by atoms with Crippen LogP contribution < -0.4 is 4.74 Å². The van der Waals surface area contributed by atoms with E-state index in [0.717, 1.165) is 24.9 Å². The van der Waals surface area contributed by atoms with Crippen LogP contribution in [0.4, 0.5) is 0 Å². The molecule has 3 rings (SSSR count). The maximum atomic E-state index is 5.94. The number of ether oxygens (including phenoxy) is 1. The van der Waals surface area contributed by atoms with E-state index in [0.29, 0.717) is 6.04 Å². The Morgan fingerprint density at radius 1 is 1.29 bits per heavy atom. The molecule has 0 spiro atoms. The summed E-state index contributed by atoms with van der Waals surface area (Å²) in [6.07, 6.45) is 4.01. The van der Waals surface area contributed by atoms with Crippen molar-refractivity contribution in [1.82, 2.24) is 9.80 Å². The summed E-state index contributed by atoms with van der Waals surface area (Å²) in [7, 11) is 0. The van der Waals surface area contributed by atoms with Crippen LogP contribution in [0.2, 0.25) is 0 Å². The molecule has 21 heavy (non-hydrogen) atoms. The number of hydrogen-bond donors (Lipinski definition) is 0. The molecule has 0 aromatic heterocycles. The van der Waals surface area contributed by atoms with Gasteiger partial charge < -0.3 is 4.74 Å². The molecule has 0 saturated carbocycles. The van der Waals surface area contributed by atoms with Crippen molar-refractivity contribution >= 4 is 0 Å². The van der Waals surface area contributed by atoms with Crippen LogP contribution in [0.1, 0.15) is 31.7 Å². The van der Waals surface area contributed by atoms with Crippen molar-refractivity contribution < 1.29 is 4.74 Å². The Morgan fingerprint density at radius 2 is 2.19 bits per heavy atom. The first-order valence-electron chi connectivity index (χ1n) is 8.44. The molecule has 1 aromatic carbocycles. The van der Waals surface area contributed by atoms with Crippen molar-refractivity contribution in [2.75, 3.05) is 32.8 Å². The molecular weight excluding hydrogens is 260 g/mol. The highest BCUT2D eigenvalue weighted by molar-refractivity contribution is 5.27. The first-order chi connectivity index (χ1) is 10.3. The number of fused-ring (bicyclic) bond motifs is 1. The molecule has 116 valence electrons. The largest absolute Gasteiger partial charge is 0.492 e. The molecule has 2 aliphatic heterocycles. The molecule has 2 unspecified atom stereocenters. The number of benzene rings is 1. The Kier molecular flexibility index (Phi) is 4.81. The van der Waals surface area contributed by atoms with E-state index in [1.54, 1.807) is 0 Å². The fourth-order valence-corrected chi connectivity index (χ4v) is 3.80. The summed E-state index contributed by atoms with van der Waals surface area (Å²) in [4.78, 5) is 5.36. The Bertz CT molecular complexity index is 462. The molecule has 2 aliphatic rings. The van der Waals surface area contributed by atoms with Gasteiger partial charge in [-0.3, -0.25) is 9.80 Å². The first kappa shape index (κ1) is 14.9. The van der Waals surface area contributed by atoms with Crippen LogP contribution in [-0.2, 0) is 0 Å². The fraction of sp³-hybridized carbons (Fsp3) is 0.667. The number of nitrogens with zero attached hydrogens (tertiary/aromatic N) is 2. The van der Waals surface area contributed by atoms with Gasteiger partial charge in [0.1, 0.15) is 12.4 Å². The summed E-state index contributed by atoms with van der Waals surface area (Å²) in [6.45, 7) is 10.1. The molecule has 0 N–H and O–H groups in total. The predicted octanol–water partition coefficient (Wildman–Crippen LogP) is 2.93. The van der Waals surface area contributed by atoms with Gasteiger partial charge in [-0.1, -0.05) is 19.1 Å². The zero-order valence-corrected chi connectivity index (χ0v) is 13.4. The third-order valence-corrected chi connectivity index (χ3v) is 5.01. The second-order valence-electron chi connectivity index (χ2n) is 6.51. The fourth-order valence-electron chi connectivity index (χ4n) is 3.80. The lowest BCUT2D eigenvalue weighted by Crippen LogP contribution is -2.56. The van der Waals surface area contributed by atoms with E-state index in [1.165, 1.54) is 44.5 Å². The van der Waals surface area contributed by atoms with Crippen molar-refractivity contribution in [3.05, 3.63) is 29.8 Å². The van der Waals surface area contributed by atoms with Crippen LogP contribution in [0.15, 0.2) is 24.3 Å². The van der Waals surface area contributed by atoms with Gasteiger partial charge in [0.05, 0.1) is 0 Å². The minimum Gasteiger partial charge on any atom is -0.492 e. The molecule has 0 radical (unpaired) electrons. The van der Waals surface area contributed by atoms with Crippen molar-refractivity contribution in [3.63, 3.8) is 0 Å². The molecular formula is C18H28N2O. The van der Waals surface area contributed by atoms with Crippen molar-refractivity contribution in [3.8, 4) is 5.75 Å². The zero-order chi connectivity index (χ0) is 14.7. The smallest absolute Gasteiger partial charge is 0.119 e. The molecule has 0 amide bonds. The van der Waals surface area contributed by atoms with Crippen molar-refractivity contribution in [2.45, 2.75) is 45.2 Å². The third kappa shape index (κ3) is 3.58. The number of piperazine rings is 1. The van der Waals surface area contributed by atoms with Gasteiger partial charge in [0.15, 0.2) is 0 Å². The van der Waals surface area contributed by atoms with Gasteiger partial charge in [0.25, 0.3) is 0 Å². The minimum atomic E-state index is 0.709. The van der Waals surface area contributed by atoms with E-state index in [2.05, 4.69) is 47.9 Å². The molecule has 3 heteroatoms. The van der Waals surface area contributed by atoms with E-state index in [-0.39, 0.29) is 0 Å². The summed E-state index contributed by atoms with van der Waals surface area (Å²) in [5, 5.41) is 0. The molecule has 1 aromatic rings. The zero-order valence-electron chi connectivity index (χ0n) is 13.4. The lowest BCUT2D eigenvalue weighted by molar-refractivity contribution is 0.0403. The highest BCUT2D eigenvalue weighted by Crippen LogP contribution is 2.25. The molecule has 2 fully saturated rings. The minimum absolute atomic E-state index is 0.709. The highest BCUT2D eigenvalue weighted by Gasteiger charge is 2.35. The molecule has 0 aliphatic carbocycles. The lowest BCUT2D eigenvalue weighted by atomic mass is 10.1. The van der Waals surface area contributed by atoms with Crippen LogP contribution in [0, 0.1) is 6.92 Å². The third-order valence-electron chi connectivity index (χ3n) is 5.01. The van der Waals surface area contributed by atoms with Crippen LogP contribution in [0.25, 0.3) is 0 Å². The van der Waals surface area contributed by atoms with Crippen LogP contribution in [0.3, 0.4) is 0 Å². The van der Waals surface area contributed by atoms with Gasteiger partial charge in [0.2, 0.25) is 0 Å². The maximum absolute atomic E-state index is 5.94. The standard InChI is InChI=1S/C18H28N2O/c1-3-16-13-19-9-5-7-17(19)14-20(16)10-11-21-18-8-4-6-15(2)12-18/h4,6,8,12,16-17H,3,5,7,9-11,13-14H2,1-2H3. The number of hydrogen-bond acceptors (Lipinski definition) is 3. The molecule has 3 nitrogen and oxygen atoms in total. The van der Waals surface area contributed by atoms with E-state index in [9.17, 15) is 0 Å². The monoisotopic (exact) mass is 288 g/mol. The van der Waals surface area contributed by atoms with Gasteiger partial charge in [-0.15, -0.1) is 0 Å². The quantitative estimate of drug-likeness (QED) is 0.828. The van der Waals surface area contributed by atoms with Gasteiger partial charge in [0, 0.05) is 31.7 Å². The second-order valence-corrected chi connectivity index (χ2v) is 6.51. The Morgan fingerprint density at radius 3 is 3.00 bits per heavy atom. The number of rotatable bonds is 5. The average Bonchev–Trinajstić information content (AvgIpc) is 2.93. The van der Waals surface area contributed by atoms with Gasteiger partial charge in [-0.2, -0.15) is 0 Å². The Labute approximate surface area is 128 Å². The topological polar surface area (TPSA) is 15.7 Å².